The van der Waals surface area contributed by atoms with Crippen LogP contribution in [0.2, 0.25) is 0 Å². The van der Waals surface area contributed by atoms with Gasteiger partial charge in [-0.2, -0.15) is 0 Å². The Morgan fingerprint density at radius 1 is 0.192 bits per heavy atom. The second-order valence-corrected chi connectivity index (χ2v) is 7.46. The number of hydrogen-bond donors (Lipinski definition) is 0. The van der Waals surface area contributed by atoms with Crippen LogP contribution in [0.5, 0.6) is 0 Å². The van der Waals surface area contributed by atoms with E-state index in [1.807, 2.05) is 11.8 Å². The molecular weight excluding hydrogens is 4460 g/mol. The summed E-state index contributed by atoms with van der Waals surface area (Å²) in [5, 5.41) is 0. The number of methoxy groups -OCH3 is 1. The van der Waals surface area contributed by atoms with E-state index in [0.29, 0.717) is 6.61 Å². The summed E-state index contributed by atoms with van der Waals surface area (Å²) in [5.41, 5.74) is 2.60. The predicted molar refractivity (Wildman–Crippen MR) is 696 cm³/mol. The van der Waals surface area contributed by atoms with E-state index >= 15 is 0 Å². The van der Waals surface area contributed by atoms with Crippen LogP contribution < -0.4 is 0 Å². The van der Waals surface area contributed by atoms with Crippen molar-refractivity contribution in [1.29, 1.82) is 0 Å². The number of benzene rings is 2. The molecule has 0 amide bonds. The van der Waals surface area contributed by atoms with Gasteiger partial charge in [-0.05, 0) is 72.1 Å². The van der Waals surface area contributed by atoms with Crippen LogP contribution in [0, 0.1) is 3.57 Å². The first-order valence-corrected chi connectivity index (χ1v) is 893. The summed E-state index contributed by atoms with van der Waals surface area (Å²) in [5.74, 6) is 0. The SMILES string of the molecule is COCc1cc(I)ccc1Sc1ccccc1CN(C)C.[K][K].[K][K].[K][K].[K][K].[K][K].[K][K].[K][K].[K][K].[K][K].[K][K].[K][K].[K][K].[K][K].[K][K].[K][K].[K][K].[K][K].[K][K].[K][K].[K][K].[K][K].[K][K].[K][K].[K][K].[K][K].[K][K].[K][K].[K][K].[K][K].[K][K].[K][K].[K][K].[K][K].[K][K].[K][K].[K][K].[K][K].[K][K].[K][K].[K][K].[K][K].[K][K].[K][K].[K][K].[K][K].[K][K].[K][K].[K][K].[K][K].[K][K].[K][K].[K][K]. The van der Waals surface area contributed by atoms with Crippen molar-refractivity contribution in [2.75, 3.05) is 21.2 Å². The van der Waals surface area contributed by atoms with Crippen molar-refractivity contribution in [2.24, 2.45) is 0 Å². The average molecular weight is 4480 g/mol. The molecule has 0 saturated heterocycles. The minimum absolute atomic E-state index is 0.648. The van der Waals surface area contributed by atoms with Crippen molar-refractivity contribution < 1.29 is 4.74 Å². The van der Waals surface area contributed by atoms with Gasteiger partial charge in [-0.15, -0.1) is 0 Å². The fourth-order valence-corrected chi connectivity index (χ4v) is 3.70. The fourth-order valence-electron chi connectivity index (χ4n) is 2.11. The van der Waals surface area contributed by atoms with Crippen molar-refractivity contribution in [2.45, 2.75) is 22.9 Å². The van der Waals surface area contributed by atoms with Gasteiger partial charge >= 0.3 is 3280 Å². The van der Waals surface area contributed by atoms with E-state index in [-0.39, 0.29) is 0 Å². The molecule has 0 N–H and O–H groups in total. The molecule has 0 aliphatic rings. The summed E-state index contributed by atoms with van der Waals surface area (Å²) >= 11 is 134. The predicted octanol–water partition coefficient (Wildman–Crippen LogP) is -35.0. The molecule has 0 spiro atoms. The van der Waals surface area contributed by atoms with E-state index in [1.54, 1.807) is 7.11 Å². The van der Waals surface area contributed by atoms with E-state index < -0.39 is 0 Å². The zero-order valence-corrected chi connectivity index (χ0v) is 444. The molecule has 0 aliphatic carbocycles. The number of halogens is 1. The quantitative estimate of drug-likeness (QED) is 0.211. The zero-order valence-electron chi connectivity index (χ0n) is 117. The summed E-state index contributed by atoms with van der Waals surface area (Å²) in [7, 11) is 5.94. The summed E-state index contributed by atoms with van der Waals surface area (Å²) in [4.78, 5) is 4.77. The minimum atomic E-state index is 0.648. The number of ether oxygens (including phenoxy) is 1. The Balaban J connectivity index is -0.00000000958. The van der Waals surface area contributed by atoms with Crippen LogP contribution >= 0.6 is 34.4 Å². The number of hydrogen-bond acceptors (Lipinski definition) is 3. The van der Waals surface area contributed by atoms with E-state index in [9.17, 15) is 0 Å². The summed E-state index contributed by atoms with van der Waals surface area (Å²) < 4.78 is 6.57. The third-order valence-corrected chi connectivity index (χ3v) is 4.91. The van der Waals surface area contributed by atoms with E-state index in [1.165, 1.54) is 3310 Å². The first-order chi connectivity index (χ1) is 62.1. The van der Waals surface area contributed by atoms with Gasteiger partial charge in [0.25, 0.3) is 0 Å². The van der Waals surface area contributed by atoms with Gasteiger partial charge in [0, 0.05) is 27.0 Å². The maximum atomic E-state index is 5.33. The van der Waals surface area contributed by atoms with Crippen LogP contribution in [0.25, 0.3) is 0 Å². The maximum absolute atomic E-state index is 5.33. The molecule has 0 unspecified atom stereocenters. The Hall–Kier alpha value is 170. The summed E-state index contributed by atoms with van der Waals surface area (Å²) in [6, 6.07) is 15.1. The molecule has 108 heteroatoms. The van der Waals surface area contributed by atoms with Crippen LogP contribution in [0.15, 0.2) is 52.3 Å². The molecule has 0 aromatic heterocycles. The standard InChI is InChI=1S/C17H20INOS.104K/c1-19(2)11-13-6-4-5-7-16(13)21-17-9-8-15(18)10-14(17)12-20-3;;;;;;;;;;;;;;;;;;;;;;;;;;;;;;;;;;;;;;;;;;;;;;;;;;;;;;;;;;;;;;;;;;;;;;;;;;;;;;;;;;;;;;;;;;;;;;;;;;;;;;;;/h4-10H,11-12H2,1-3H3;;;;;;;;;;;;;;;;;;;;;;;;;;;;;;;;;;;;;;;;;;;;;;;;;;;;;;;;;;;;;;;;;;;;;;;;;;;;;;;;;;;;;;;;;;;;;;;;;;;;;;;;. The van der Waals surface area contributed by atoms with Crippen LogP contribution in [0.1, 0.15) is 11.1 Å². The molecule has 2 rings (SSSR count). The molecule has 2 aromatic carbocycles. The van der Waals surface area contributed by atoms with Gasteiger partial charge in [-0.25, -0.2) is 0 Å². The molecule has 0 aliphatic heterocycles. The first-order valence-electron chi connectivity index (χ1n) is 58.8. The third-order valence-electron chi connectivity index (χ3n) is 3.00. The van der Waals surface area contributed by atoms with Crippen molar-refractivity contribution in [3.05, 3.63) is 57.2 Å². The van der Waals surface area contributed by atoms with E-state index in [4.69, 9.17) is 4.74 Å². The van der Waals surface area contributed by atoms with Crippen LogP contribution in [0.3, 0.4) is 0 Å². The Morgan fingerprint density at radius 2 is 0.312 bits per heavy atom. The number of nitrogens with zero attached hydrogens (tertiary/aromatic N) is 1. The van der Waals surface area contributed by atoms with Crippen LogP contribution in [0.4, 0.5) is 0 Å². The molecule has 0 atom stereocenters. The molecule has 125 heavy (non-hydrogen) atoms. The molecule has 2 nitrogen and oxygen atoms in total. The van der Waals surface area contributed by atoms with Gasteiger partial charge in [0.05, 0.1) is 6.61 Å². The van der Waals surface area contributed by atoms with Crippen molar-refractivity contribution in [3.8, 4) is 0 Å². The van der Waals surface area contributed by atoms with Crippen LogP contribution in [-0.2, 0) is 17.9 Å². The fraction of sp³-hybridized carbons (Fsp3) is 0.294. The van der Waals surface area contributed by atoms with Gasteiger partial charge in [0.1, 0.15) is 0 Å². The Kier molecular flexibility index (Phi) is 2180. The Morgan fingerprint density at radius 3 is 0.432 bits per heavy atom. The van der Waals surface area contributed by atoms with Crippen LogP contribution in [-0.4, -0.2) is 3310 Å². The first kappa shape index (κ1) is 428. The van der Waals surface area contributed by atoms with Gasteiger partial charge in [-0.3, -0.25) is 0 Å². The van der Waals surface area contributed by atoms with Gasteiger partial charge in [-0.1, -0.05) is 30.0 Å². The molecule has 2 aromatic rings. The molecule has 0 radical (unpaired) electrons. The summed E-state index contributed by atoms with van der Waals surface area (Å²) in [6.07, 6.45) is 0. The average Bonchev–Trinajstić information content (AvgIpc) is 0.843. The third kappa shape index (κ3) is 596. The van der Waals surface area contributed by atoms with E-state index in [2.05, 4.69) is 84.1 Å². The summed E-state index contributed by atoms with van der Waals surface area (Å²) in [6.45, 7) is 1.60. The normalized spacial score (nSPS) is 5.19. The molecule has 0 saturated carbocycles. The van der Waals surface area contributed by atoms with Gasteiger partial charge < -0.3 is 9.64 Å². The Labute approximate surface area is 3170 Å². The molecule has 216 valence electrons. The Bertz CT molecular complexity index is 683. The molecule has 0 fully saturated rings. The molecular formula is C17H20IK104NOS. The molecule has 0 bridgehead atoms. The van der Waals surface area contributed by atoms with Crippen molar-refractivity contribution in [1.82, 2.24) is 4.90 Å². The van der Waals surface area contributed by atoms with Crippen molar-refractivity contribution in [3.63, 3.8) is 0 Å². The van der Waals surface area contributed by atoms with Crippen molar-refractivity contribution >= 4 is 3320 Å². The number of rotatable bonds is 6. The monoisotopic (exact) mass is 4470 g/mol. The van der Waals surface area contributed by atoms with Gasteiger partial charge in [0.15, 0.2) is 0 Å². The zero-order chi connectivity index (χ0) is 119. The second-order valence-electron chi connectivity index (χ2n) is 5.13. The van der Waals surface area contributed by atoms with E-state index in [0.717, 1.165) is 6.54 Å². The molecule has 0 heterocycles. The van der Waals surface area contributed by atoms with Gasteiger partial charge in [0.2, 0.25) is 0 Å². The topological polar surface area (TPSA) is 12.5 Å². The second kappa shape index (κ2) is 637.